The van der Waals surface area contributed by atoms with Crippen LogP contribution in [0, 0.1) is 0 Å². The molecule has 1 aromatic carbocycles. The van der Waals surface area contributed by atoms with Gasteiger partial charge in [-0.25, -0.2) is 0 Å². The number of rotatable bonds is 6. The Hall–Kier alpha value is -1.46. The summed E-state index contributed by atoms with van der Waals surface area (Å²) in [6, 6.07) is 11.4. The van der Waals surface area contributed by atoms with E-state index in [0.717, 1.165) is 11.3 Å². The molecule has 0 saturated heterocycles. The lowest BCUT2D eigenvalue weighted by molar-refractivity contribution is -0.141. The number of esters is 1. The van der Waals surface area contributed by atoms with E-state index in [2.05, 4.69) is 5.10 Å². The number of carbonyl (C=O) groups excluding carboxylic acids is 1. The first-order valence-corrected chi connectivity index (χ1v) is 7.64. The summed E-state index contributed by atoms with van der Waals surface area (Å²) in [6.07, 6.45) is 0. The molecule has 4 nitrogen and oxygen atoms in total. The zero-order valence-electron chi connectivity index (χ0n) is 11.1. The number of aryl methyl sites for hydroxylation is 1. The van der Waals surface area contributed by atoms with Crippen molar-refractivity contribution in [3.63, 3.8) is 0 Å². The second-order valence-corrected chi connectivity index (χ2v) is 5.59. The molecule has 0 fully saturated rings. The normalized spacial score (nSPS) is 10.5. The highest BCUT2D eigenvalue weighted by Gasteiger charge is 2.06. The summed E-state index contributed by atoms with van der Waals surface area (Å²) in [4.78, 5) is 11.6. The Bertz CT molecular complexity index is 552. The zero-order chi connectivity index (χ0) is 14.4. The van der Waals surface area contributed by atoms with E-state index in [9.17, 15) is 4.79 Å². The molecule has 2 rings (SSSR count). The van der Waals surface area contributed by atoms with Gasteiger partial charge in [0.2, 0.25) is 0 Å². The molecule has 0 atom stereocenters. The molecular weight excluding hydrogens is 296 g/mol. The number of nitrogens with zero attached hydrogens (tertiary/aromatic N) is 2. The summed E-state index contributed by atoms with van der Waals surface area (Å²) < 4.78 is 6.79. The van der Waals surface area contributed by atoms with Gasteiger partial charge in [0.1, 0.15) is 11.8 Å². The predicted octanol–water partition coefficient (Wildman–Crippen LogP) is 3.05. The third kappa shape index (κ3) is 4.58. The minimum Gasteiger partial charge on any atom is -0.460 e. The largest absolute Gasteiger partial charge is 0.460 e. The van der Waals surface area contributed by atoms with Crippen LogP contribution in [0.25, 0.3) is 0 Å². The van der Waals surface area contributed by atoms with E-state index in [-0.39, 0.29) is 5.97 Å². The molecule has 0 aliphatic carbocycles. The van der Waals surface area contributed by atoms with Crippen LogP contribution in [0.5, 0.6) is 0 Å². The van der Waals surface area contributed by atoms with Crippen molar-refractivity contribution in [2.75, 3.05) is 5.75 Å². The summed E-state index contributed by atoms with van der Waals surface area (Å²) >= 11 is 7.35. The van der Waals surface area contributed by atoms with Gasteiger partial charge in [-0.05, 0) is 11.6 Å². The number of hydrogen-bond acceptors (Lipinski definition) is 4. The molecule has 2 aromatic rings. The molecule has 0 amide bonds. The van der Waals surface area contributed by atoms with Gasteiger partial charge in [-0.3, -0.25) is 9.48 Å². The minimum atomic E-state index is -0.221. The first-order chi connectivity index (χ1) is 9.65. The number of thioether (sulfide) groups is 1. The van der Waals surface area contributed by atoms with Crippen LogP contribution in [0.15, 0.2) is 36.4 Å². The highest BCUT2D eigenvalue weighted by Crippen LogP contribution is 2.15. The molecule has 6 heteroatoms. The quantitative estimate of drug-likeness (QED) is 0.769. The number of halogens is 1. The SMILES string of the molecule is Cn1nc(CSCC(=O)OCc2ccccc2)cc1Cl. The highest BCUT2D eigenvalue weighted by molar-refractivity contribution is 7.99. The number of benzene rings is 1. The molecule has 0 spiro atoms. The summed E-state index contributed by atoms with van der Waals surface area (Å²) in [5, 5.41) is 4.80. The van der Waals surface area contributed by atoms with Crippen LogP contribution in [-0.4, -0.2) is 21.5 Å². The monoisotopic (exact) mass is 310 g/mol. The Morgan fingerprint density at radius 2 is 2.15 bits per heavy atom. The Morgan fingerprint density at radius 3 is 2.80 bits per heavy atom. The van der Waals surface area contributed by atoms with Gasteiger partial charge in [-0.2, -0.15) is 5.10 Å². The molecule has 0 bridgehead atoms. The van der Waals surface area contributed by atoms with E-state index in [1.54, 1.807) is 17.8 Å². The van der Waals surface area contributed by atoms with Gasteiger partial charge < -0.3 is 4.74 Å². The Labute approximate surface area is 127 Å². The maximum absolute atomic E-state index is 11.6. The molecule has 0 radical (unpaired) electrons. The standard InChI is InChI=1S/C14H15ClN2O2S/c1-17-13(15)7-12(16-17)9-20-10-14(18)19-8-11-5-3-2-4-6-11/h2-7H,8-10H2,1H3. The van der Waals surface area contributed by atoms with Gasteiger partial charge in [0, 0.05) is 12.8 Å². The third-order valence-electron chi connectivity index (χ3n) is 2.59. The van der Waals surface area contributed by atoms with E-state index in [4.69, 9.17) is 16.3 Å². The van der Waals surface area contributed by atoms with Crippen molar-refractivity contribution in [1.29, 1.82) is 0 Å². The van der Waals surface area contributed by atoms with E-state index in [1.165, 1.54) is 11.8 Å². The lowest BCUT2D eigenvalue weighted by atomic mass is 10.2. The average molecular weight is 311 g/mol. The summed E-state index contributed by atoms with van der Waals surface area (Å²) in [5.74, 6) is 0.725. The Balaban J connectivity index is 1.68. The summed E-state index contributed by atoms with van der Waals surface area (Å²) in [6.45, 7) is 0.315. The average Bonchev–Trinajstić information content (AvgIpc) is 2.76. The van der Waals surface area contributed by atoms with Crippen LogP contribution in [0.3, 0.4) is 0 Å². The van der Waals surface area contributed by atoms with Crippen LogP contribution in [0.1, 0.15) is 11.3 Å². The number of ether oxygens (including phenoxy) is 1. The molecule has 1 heterocycles. The lowest BCUT2D eigenvalue weighted by Crippen LogP contribution is -2.07. The van der Waals surface area contributed by atoms with Gasteiger partial charge in [-0.1, -0.05) is 41.9 Å². The first-order valence-electron chi connectivity index (χ1n) is 6.11. The lowest BCUT2D eigenvalue weighted by Gasteiger charge is -2.04. The molecule has 0 N–H and O–H groups in total. The molecule has 0 aliphatic rings. The molecule has 0 unspecified atom stereocenters. The number of carbonyl (C=O) groups is 1. The molecule has 1 aromatic heterocycles. The fourth-order valence-electron chi connectivity index (χ4n) is 1.59. The van der Waals surface area contributed by atoms with E-state index >= 15 is 0 Å². The minimum absolute atomic E-state index is 0.221. The second kappa shape index (κ2) is 7.36. The summed E-state index contributed by atoms with van der Waals surface area (Å²) in [7, 11) is 1.78. The van der Waals surface area contributed by atoms with Gasteiger partial charge in [0.05, 0.1) is 11.4 Å². The molecular formula is C14H15ClN2O2S. The van der Waals surface area contributed by atoms with Crippen molar-refractivity contribution in [3.05, 3.63) is 52.8 Å². The van der Waals surface area contributed by atoms with Gasteiger partial charge in [0.15, 0.2) is 0 Å². The van der Waals surface area contributed by atoms with Gasteiger partial charge >= 0.3 is 5.97 Å². The maximum Gasteiger partial charge on any atom is 0.316 e. The van der Waals surface area contributed by atoms with E-state index in [0.29, 0.717) is 23.3 Å². The van der Waals surface area contributed by atoms with Crippen LogP contribution >= 0.6 is 23.4 Å². The topological polar surface area (TPSA) is 44.1 Å². The van der Waals surface area contributed by atoms with Crippen LogP contribution in [0.2, 0.25) is 5.15 Å². The van der Waals surface area contributed by atoms with Crippen molar-refractivity contribution in [3.8, 4) is 0 Å². The summed E-state index contributed by atoms with van der Waals surface area (Å²) in [5.41, 5.74) is 1.85. The Kier molecular flexibility index (Phi) is 5.49. The number of aromatic nitrogens is 2. The molecule has 0 saturated carbocycles. The second-order valence-electron chi connectivity index (χ2n) is 4.22. The van der Waals surface area contributed by atoms with Crippen molar-refractivity contribution in [2.24, 2.45) is 7.05 Å². The van der Waals surface area contributed by atoms with Gasteiger partial charge in [-0.15, -0.1) is 11.8 Å². The van der Waals surface area contributed by atoms with Crippen LogP contribution in [0.4, 0.5) is 0 Å². The zero-order valence-corrected chi connectivity index (χ0v) is 12.7. The highest BCUT2D eigenvalue weighted by atomic mass is 35.5. The van der Waals surface area contributed by atoms with Crippen LogP contribution < -0.4 is 0 Å². The smallest absolute Gasteiger partial charge is 0.316 e. The van der Waals surface area contributed by atoms with E-state index < -0.39 is 0 Å². The van der Waals surface area contributed by atoms with Crippen LogP contribution in [-0.2, 0) is 28.9 Å². The van der Waals surface area contributed by atoms with Crippen molar-refractivity contribution < 1.29 is 9.53 Å². The number of hydrogen-bond donors (Lipinski definition) is 0. The van der Waals surface area contributed by atoms with Crippen molar-refractivity contribution in [1.82, 2.24) is 9.78 Å². The van der Waals surface area contributed by atoms with E-state index in [1.807, 2.05) is 30.3 Å². The van der Waals surface area contributed by atoms with Gasteiger partial charge in [0.25, 0.3) is 0 Å². The fraction of sp³-hybridized carbons (Fsp3) is 0.286. The molecule has 20 heavy (non-hydrogen) atoms. The predicted molar refractivity (Wildman–Crippen MR) is 80.6 cm³/mol. The van der Waals surface area contributed by atoms with Crippen molar-refractivity contribution in [2.45, 2.75) is 12.4 Å². The first kappa shape index (κ1) is 14.9. The fourth-order valence-corrected chi connectivity index (χ4v) is 2.46. The Morgan fingerprint density at radius 1 is 1.40 bits per heavy atom. The van der Waals surface area contributed by atoms with Crippen molar-refractivity contribution >= 4 is 29.3 Å². The molecule has 106 valence electrons. The maximum atomic E-state index is 11.6. The molecule has 0 aliphatic heterocycles. The third-order valence-corrected chi connectivity index (χ3v) is 3.88.